The molecule has 3 aromatic rings. The molecule has 2 aromatic heterocycles. The van der Waals surface area contributed by atoms with E-state index >= 15 is 0 Å². The number of benzene rings is 1. The van der Waals surface area contributed by atoms with E-state index in [9.17, 15) is 0 Å². The van der Waals surface area contributed by atoms with Crippen LogP contribution in [-0.4, -0.2) is 21.7 Å². The van der Waals surface area contributed by atoms with E-state index in [0.29, 0.717) is 30.4 Å². The van der Waals surface area contributed by atoms with Crippen LogP contribution >= 0.6 is 15.9 Å². The quantitative estimate of drug-likeness (QED) is 0.803. The van der Waals surface area contributed by atoms with Gasteiger partial charge in [-0.25, -0.2) is 4.98 Å². The zero-order chi connectivity index (χ0) is 13.2. The van der Waals surface area contributed by atoms with Crippen LogP contribution in [-0.2, 0) is 6.42 Å². The maximum absolute atomic E-state index is 5.46. The molecule has 6 heteroatoms. The van der Waals surface area contributed by atoms with E-state index in [2.05, 4.69) is 31.1 Å². The van der Waals surface area contributed by atoms with Crippen molar-refractivity contribution in [3.05, 3.63) is 40.7 Å². The standard InChI is InChI=1S/C13H11BrN4O/c14-9-7-8-3-1-2-4-10(8)16-12(9)13-17-11(5-6-15)19-18-13/h1-4,7H,5-6,15H2. The molecule has 0 bridgehead atoms. The van der Waals surface area contributed by atoms with Crippen molar-refractivity contribution in [3.63, 3.8) is 0 Å². The van der Waals surface area contributed by atoms with E-state index in [1.807, 2.05) is 30.3 Å². The van der Waals surface area contributed by atoms with Crippen molar-refractivity contribution in [1.29, 1.82) is 0 Å². The Bertz CT molecular complexity index is 725. The van der Waals surface area contributed by atoms with Crippen molar-refractivity contribution in [2.45, 2.75) is 6.42 Å². The first-order valence-corrected chi connectivity index (χ1v) is 6.65. The third-order valence-electron chi connectivity index (χ3n) is 2.72. The third kappa shape index (κ3) is 2.36. The lowest BCUT2D eigenvalue weighted by Crippen LogP contribution is -2.02. The summed E-state index contributed by atoms with van der Waals surface area (Å²) in [5.41, 5.74) is 7.03. The number of halogens is 1. The van der Waals surface area contributed by atoms with Gasteiger partial charge in [0.15, 0.2) is 0 Å². The molecule has 2 N–H and O–H groups in total. The summed E-state index contributed by atoms with van der Waals surface area (Å²) >= 11 is 3.49. The van der Waals surface area contributed by atoms with Gasteiger partial charge in [-0.15, -0.1) is 0 Å². The number of hydrogen-bond donors (Lipinski definition) is 1. The second kappa shape index (κ2) is 5.07. The van der Waals surface area contributed by atoms with Gasteiger partial charge in [-0.05, 0) is 28.1 Å². The van der Waals surface area contributed by atoms with Crippen LogP contribution in [0.4, 0.5) is 0 Å². The highest BCUT2D eigenvalue weighted by Crippen LogP contribution is 2.27. The predicted octanol–water partition coefficient (Wildman–Crippen LogP) is 2.55. The molecule has 0 spiro atoms. The molecule has 0 saturated carbocycles. The first-order valence-electron chi connectivity index (χ1n) is 5.86. The topological polar surface area (TPSA) is 77.8 Å². The molecule has 3 rings (SSSR count). The molecule has 0 saturated heterocycles. The van der Waals surface area contributed by atoms with Crippen molar-refractivity contribution in [2.24, 2.45) is 5.73 Å². The second-order valence-corrected chi connectivity index (χ2v) is 4.92. The van der Waals surface area contributed by atoms with Gasteiger partial charge in [-0.3, -0.25) is 0 Å². The van der Waals surface area contributed by atoms with Gasteiger partial charge in [0.1, 0.15) is 5.69 Å². The minimum Gasteiger partial charge on any atom is -0.339 e. The van der Waals surface area contributed by atoms with Crippen molar-refractivity contribution in [1.82, 2.24) is 15.1 Å². The lowest BCUT2D eigenvalue weighted by atomic mass is 10.2. The lowest BCUT2D eigenvalue weighted by molar-refractivity contribution is 0.380. The second-order valence-electron chi connectivity index (χ2n) is 4.06. The minimum absolute atomic E-state index is 0.473. The van der Waals surface area contributed by atoms with Crippen LogP contribution in [0.15, 0.2) is 39.3 Å². The Labute approximate surface area is 118 Å². The SMILES string of the molecule is NCCc1nc(-c2nc3ccccc3cc2Br)no1. The zero-order valence-corrected chi connectivity index (χ0v) is 11.6. The summed E-state index contributed by atoms with van der Waals surface area (Å²) in [4.78, 5) is 8.84. The van der Waals surface area contributed by atoms with Gasteiger partial charge in [-0.2, -0.15) is 4.98 Å². The Morgan fingerprint density at radius 3 is 2.89 bits per heavy atom. The number of nitrogens with two attached hydrogens (primary N) is 1. The van der Waals surface area contributed by atoms with Crippen molar-refractivity contribution in [2.75, 3.05) is 6.54 Å². The Morgan fingerprint density at radius 2 is 2.05 bits per heavy atom. The molecule has 5 nitrogen and oxygen atoms in total. The van der Waals surface area contributed by atoms with E-state index in [1.165, 1.54) is 0 Å². The van der Waals surface area contributed by atoms with Crippen LogP contribution in [0.1, 0.15) is 5.89 Å². The molecule has 0 fully saturated rings. The van der Waals surface area contributed by atoms with Gasteiger partial charge in [0.05, 0.1) is 5.52 Å². The molecule has 19 heavy (non-hydrogen) atoms. The smallest absolute Gasteiger partial charge is 0.228 e. The minimum atomic E-state index is 0.473. The molecule has 0 radical (unpaired) electrons. The van der Waals surface area contributed by atoms with Gasteiger partial charge >= 0.3 is 0 Å². The summed E-state index contributed by atoms with van der Waals surface area (Å²) in [6.07, 6.45) is 0.568. The normalized spacial score (nSPS) is 11.1. The highest BCUT2D eigenvalue weighted by molar-refractivity contribution is 9.10. The fraction of sp³-hybridized carbons (Fsp3) is 0.154. The molecule has 0 aliphatic rings. The number of hydrogen-bond acceptors (Lipinski definition) is 5. The Morgan fingerprint density at radius 1 is 1.21 bits per heavy atom. The highest BCUT2D eigenvalue weighted by atomic mass is 79.9. The summed E-state index contributed by atoms with van der Waals surface area (Å²) in [6.45, 7) is 0.480. The van der Waals surface area contributed by atoms with Gasteiger partial charge < -0.3 is 10.3 Å². The zero-order valence-electron chi connectivity index (χ0n) is 10.0. The van der Waals surface area contributed by atoms with Crippen molar-refractivity contribution in [3.8, 4) is 11.5 Å². The van der Waals surface area contributed by atoms with E-state index in [0.717, 1.165) is 15.4 Å². The van der Waals surface area contributed by atoms with E-state index in [4.69, 9.17) is 10.3 Å². The average Bonchev–Trinajstić information content (AvgIpc) is 2.87. The molecule has 0 unspecified atom stereocenters. The Hall–Kier alpha value is -1.79. The van der Waals surface area contributed by atoms with Crippen LogP contribution in [0.25, 0.3) is 22.4 Å². The molecule has 96 valence electrons. The fourth-order valence-corrected chi connectivity index (χ4v) is 2.34. The van der Waals surface area contributed by atoms with E-state index < -0.39 is 0 Å². The maximum atomic E-state index is 5.46. The molecular formula is C13H11BrN4O. The summed E-state index contributed by atoms with van der Waals surface area (Å²) in [6, 6.07) is 9.88. The molecule has 0 aliphatic carbocycles. The molecule has 0 aliphatic heterocycles. The number of aromatic nitrogens is 3. The van der Waals surface area contributed by atoms with Crippen molar-refractivity contribution < 1.29 is 4.52 Å². The largest absolute Gasteiger partial charge is 0.339 e. The van der Waals surface area contributed by atoms with Crippen LogP contribution in [0.3, 0.4) is 0 Å². The Kier molecular flexibility index (Phi) is 3.27. The van der Waals surface area contributed by atoms with Gasteiger partial charge in [0, 0.05) is 22.8 Å². The third-order valence-corrected chi connectivity index (χ3v) is 3.32. The van der Waals surface area contributed by atoms with Gasteiger partial charge in [0.25, 0.3) is 0 Å². The number of para-hydroxylation sites is 1. The summed E-state index contributed by atoms with van der Waals surface area (Å²) in [7, 11) is 0. The predicted molar refractivity (Wildman–Crippen MR) is 75.5 cm³/mol. The Balaban J connectivity index is 2.10. The van der Waals surface area contributed by atoms with Crippen LogP contribution in [0.2, 0.25) is 0 Å². The molecular weight excluding hydrogens is 308 g/mol. The summed E-state index contributed by atoms with van der Waals surface area (Å²) in [5.74, 6) is 1.00. The van der Waals surface area contributed by atoms with Gasteiger partial charge in [0.2, 0.25) is 11.7 Å². The molecule has 2 heterocycles. The van der Waals surface area contributed by atoms with Crippen LogP contribution in [0, 0.1) is 0 Å². The number of nitrogens with zero attached hydrogens (tertiary/aromatic N) is 3. The van der Waals surface area contributed by atoms with Crippen LogP contribution in [0.5, 0.6) is 0 Å². The van der Waals surface area contributed by atoms with E-state index in [-0.39, 0.29) is 0 Å². The number of rotatable bonds is 3. The number of fused-ring (bicyclic) bond motifs is 1. The monoisotopic (exact) mass is 318 g/mol. The number of pyridine rings is 1. The summed E-state index contributed by atoms with van der Waals surface area (Å²) < 4.78 is 5.96. The summed E-state index contributed by atoms with van der Waals surface area (Å²) in [5, 5.41) is 5.00. The van der Waals surface area contributed by atoms with Gasteiger partial charge in [-0.1, -0.05) is 23.4 Å². The molecule has 1 aromatic carbocycles. The average molecular weight is 319 g/mol. The van der Waals surface area contributed by atoms with Crippen LogP contribution < -0.4 is 5.73 Å². The maximum Gasteiger partial charge on any atom is 0.228 e. The van der Waals surface area contributed by atoms with Crippen molar-refractivity contribution >= 4 is 26.8 Å². The fourth-order valence-electron chi connectivity index (χ4n) is 1.82. The first-order chi connectivity index (χ1) is 9.28. The first kappa shape index (κ1) is 12.3. The lowest BCUT2D eigenvalue weighted by Gasteiger charge is -2.02. The molecule has 0 atom stereocenters. The molecule has 0 amide bonds. The highest BCUT2D eigenvalue weighted by Gasteiger charge is 2.13. The van der Waals surface area contributed by atoms with E-state index in [1.54, 1.807) is 0 Å².